The van der Waals surface area contributed by atoms with Crippen LogP contribution < -0.4 is 5.32 Å². The van der Waals surface area contributed by atoms with Gasteiger partial charge in [-0.2, -0.15) is 5.10 Å². The maximum Gasteiger partial charge on any atom is 0.328 e. The van der Waals surface area contributed by atoms with Crippen LogP contribution in [0.15, 0.2) is 30.3 Å². The maximum atomic E-state index is 12.5. The van der Waals surface area contributed by atoms with Gasteiger partial charge in [-0.25, -0.2) is 13.9 Å². The number of nitrogens with zero attached hydrogens (tertiary/aromatic N) is 2. The summed E-state index contributed by atoms with van der Waals surface area (Å²) in [5, 5.41) is 15.2. The number of carbonyl (C=O) groups is 2. The summed E-state index contributed by atoms with van der Waals surface area (Å²) in [5.41, 5.74) is 2.87. The Bertz CT molecular complexity index is 695. The van der Waals surface area contributed by atoms with Crippen LogP contribution in [0.2, 0.25) is 0 Å². The number of aliphatic carboxylic acids is 1. The first-order chi connectivity index (χ1) is 10.4. The van der Waals surface area contributed by atoms with Gasteiger partial charge in [-0.15, -0.1) is 0 Å². The second-order valence-electron chi connectivity index (χ2n) is 4.90. The zero-order valence-corrected chi connectivity index (χ0v) is 12.2. The number of carboxylic acid groups (broad SMARTS) is 1. The van der Waals surface area contributed by atoms with Gasteiger partial charge in [0.25, 0.3) is 5.91 Å². The van der Waals surface area contributed by atoms with Crippen molar-refractivity contribution in [2.45, 2.75) is 19.9 Å². The third-order valence-electron chi connectivity index (χ3n) is 3.14. The molecule has 0 spiro atoms. The third kappa shape index (κ3) is 3.30. The van der Waals surface area contributed by atoms with Gasteiger partial charge in [-0.3, -0.25) is 4.79 Å². The van der Waals surface area contributed by atoms with Crippen molar-refractivity contribution in [2.75, 3.05) is 6.67 Å². The van der Waals surface area contributed by atoms with Crippen molar-refractivity contribution in [3.8, 4) is 5.69 Å². The molecule has 1 heterocycles. The number of nitrogens with one attached hydrogen (secondary N) is 1. The average molecular weight is 305 g/mol. The molecule has 1 aromatic heterocycles. The van der Waals surface area contributed by atoms with Crippen LogP contribution in [0, 0.1) is 13.8 Å². The number of hydrogen-bond donors (Lipinski definition) is 2. The van der Waals surface area contributed by atoms with Crippen molar-refractivity contribution >= 4 is 11.9 Å². The van der Waals surface area contributed by atoms with E-state index in [4.69, 9.17) is 5.11 Å². The van der Waals surface area contributed by atoms with Crippen molar-refractivity contribution in [3.05, 3.63) is 47.3 Å². The Morgan fingerprint density at radius 1 is 1.32 bits per heavy atom. The molecule has 1 atom stereocenters. The standard InChI is InChI=1S/C15H16FN3O3/c1-9-7-10(2)19(18-9)12-5-3-11(4-6-12)14(20)17-13(8-16)15(21)22/h3-7,13H,8H2,1-2H3,(H,17,20)(H,21,22). The predicted octanol–water partition coefficient (Wildman–Crippen LogP) is 1.64. The molecule has 0 saturated heterocycles. The summed E-state index contributed by atoms with van der Waals surface area (Å²) in [6, 6.07) is 6.86. The zero-order chi connectivity index (χ0) is 16.3. The fraction of sp³-hybridized carbons (Fsp3) is 0.267. The van der Waals surface area contributed by atoms with Gasteiger partial charge < -0.3 is 10.4 Å². The van der Waals surface area contributed by atoms with Gasteiger partial charge in [0.2, 0.25) is 0 Å². The number of aryl methyl sites for hydroxylation is 2. The minimum atomic E-state index is -1.54. The normalized spacial score (nSPS) is 12.0. The summed E-state index contributed by atoms with van der Waals surface area (Å²) in [6.07, 6.45) is 0. The predicted molar refractivity (Wildman–Crippen MR) is 77.9 cm³/mol. The Morgan fingerprint density at radius 2 is 1.95 bits per heavy atom. The van der Waals surface area contributed by atoms with Crippen LogP contribution in [-0.2, 0) is 4.79 Å². The largest absolute Gasteiger partial charge is 0.480 e. The van der Waals surface area contributed by atoms with Crippen molar-refractivity contribution in [1.82, 2.24) is 15.1 Å². The fourth-order valence-electron chi connectivity index (χ4n) is 2.05. The summed E-state index contributed by atoms with van der Waals surface area (Å²) in [7, 11) is 0. The van der Waals surface area contributed by atoms with E-state index in [-0.39, 0.29) is 5.56 Å². The lowest BCUT2D eigenvalue weighted by molar-refractivity contribution is -0.139. The van der Waals surface area contributed by atoms with Gasteiger partial charge in [-0.1, -0.05) is 0 Å². The zero-order valence-electron chi connectivity index (χ0n) is 12.2. The second kappa shape index (κ2) is 6.38. The molecule has 0 aliphatic carbocycles. The van der Waals surface area contributed by atoms with Crippen molar-refractivity contribution in [3.63, 3.8) is 0 Å². The highest BCUT2D eigenvalue weighted by Crippen LogP contribution is 2.13. The Balaban J connectivity index is 2.16. The summed E-state index contributed by atoms with van der Waals surface area (Å²) in [4.78, 5) is 22.6. The molecule has 2 rings (SSSR count). The van der Waals surface area contributed by atoms with Gasteiger partial charge in [0.1, 0.15) is 6.67 Å². The molecule has 1 unspecified atom stereocenters. The molecule has 6 nitrogen and oxygen atoms in total. The molecule has 1 amide bonds. The number of amides is 1. The first-order valence-electron chi connectivity index (χ1n) is 6.65. The first-order valence-corrected chi connectivity index (χ1v) is 6.65. The van der Waals surface area contributed by atoms with Crippen LogP contribution in [0.5, 0.6) is 0 Å². The van der Waals surface area contributed by atoms with Gasteiger partial charge >= 0.3 is 5.97 Å². The minimum Gasteiger partial charge on any atom is -0.480 e. The lowest BCUT2D eigenvalue weighted by Gasteiger charge is -2.11. The SMILES string of the molecule is Cc1cc(C)n(-c2ccc(C(=O)NC(CF)C(=O)O)cc2)n1. The molecule has 0 aliphatic heterocycles. The van der Waals surface area contributed by atoms with Crippen LogP contribution in [0.1, 0.15) is 21.7 Å². The highest BCUT2D eigenvalue weighted by molar-refractivity contribution is 5.96. The number of hydrogen-bond acceptors (Lipinski definition) is 3. The number of aromatic nitrogens is 2. The quantitative estimate of drug-likeness (QED) is 0.879. The average Bonchev–Trinajstić information content (AvgIpc) is 2.83. The van der Waals surface area contributed by atoms with Crippen molar-refractivity contribution in [2.24, 2.45) is 0 Å². The Morgan fingerprint density at radius 3 is 2.41 bits per heavy atom. The second-order valence-corrected chi connectivity index (χ2v) is 4.90. The molecule has 0 radical (unpaired) electrons. The molecule has 1 aromatic carbocycles. The number of rotatable bonds is 5. The summed E-state index contributed by atoms with van der Waals surface area (Å²) >= 11 is 0. The number of carboxylic acids is 1. The lowest BCUT2D eigenvalue weighted by Crippen LogP contribution is -2.42. The van der Waals surface area contributed by atoms with E-state index in [0.29, 0.717) is 0 Å². The smallest absolute Gasteiger partial charge is 0.328 e. The van der Waals surface area contributed by atoms with E-state index in [0.717, 1.165) is 17.1 Å². The molecule has 7 heteroatoms. The van der Waals surface area contributed by atoms with E-state index in [1.807, 2.05) is 19.9 Å². The molecule has 2 N–H and O–H groups in total. The van der Waals surface area contributed by atoms with Crippen LogP contribution in [0.3, 0.4) is 0 Å². The highest BCUT2D eigenvalue weighted by atomic mass is 19.1. The molecular formula is C15H16FN3O3. The van der Waals surface area contributed by atoms with Crippen molar-refractivity contribution in [1.29, 1.82) is 0 Å². The summed E-state index contributed by atoms with van der Waals surface area (Å²) in [6.45, 7) is 2.64. The summed E-state index contributed by atoms with van der Waals surface area (Å²) in [5.74, 6) is -2.04. The highest BCUT2D eigenvalue weighted by Gasteiger charge is 2.20. The van der Waals surface area contributed by atoms with Crippen LogP contribution in [0.25, 0.3) is 5.69 Å². The van der Waals surface area contributed by atoms with E-state index in [1.54, 1.807) is 16.8 Å². The first kappa shape index (κ1) is 15.7. The Kier molecular flexibility index (Phi) is 4.55. The van der Waals surface area contributed by atoms with Gasteiger partial charge in [0.15, 0.2) is 6.04 Å². The molecule has 116 valence electrons. The minimum absolute atomic E-state index is 0.255. The van der Waals surface area contributed by atoms with E-state index in [2.05, 4.69) is 10.4 Å². The molecule has 0 aliphatic rings. The van der Waals surface area contributed by atoms with Gasteiger partial charge in [0.05, 0.1) is 11.4 Å². The number of carbonyl (C=O) groups excluding carboxylic acids is 1. The number of alkyl halides is 1. The van der Waals surface area contributed by atoms with E-state index >= 15 is 0 Å². The lowest BCUT2D eigenvalue weighted by atomic mass is 10.2. The van der Waals surface area contributed by atoms with Crippen LogP contribution >= 0.6 is 0 Å². The monoisotopic (exact) mass is 305 g/mol. The summed E-state index contributed by atoms with van der Waals surface area (Å²) < 4.78 is 14.2. The number of halogens is 1. The van der Waals surface area contributed by atoms with E-state index < -0.39 is 24.6 Å². The molecule has 0 fully saturated rings. The molecule has 0 saturated carbocycles. The Labute approximate surface area is 126 Å². The maximum absolute atomic E-state index is 12.5. The van der Waals surface area contributed by atoms with Crippen LogP contribution in [-0.4, -0.2) is 39.5 Å². The Hall–Kier alpha value is -2.70. The van der Waals surface area contributed by atoms with E-state index in [1.165, 1.54) is 12.1 Å². The van der Waals surface area contributed by atoms with E-state index in [9.17, 15) is 14.0 Å². The van der Waals surface area contributed by atoms with Crippen LogP contribution in [0.4, 0.5) is 4.39 Å². The van der Waals surface area contributed by atoms with Gasteiger partial charge in [0, 0.05) is 11.3 Å². The molecule has 22 heavy (non-hydrogen) atoms. The number of benzene rings is 1. The molecule has 2 aromatic rings. The van der Waals surface area contributed by atoms with Gasteiger partial charge in [-0.05, 0) is 44.2 Å². The molecular weight excluding hydrogens is 289 g/mol. The van der Waals surface area contributed by atoms with Crippen molar-refractivity contribution < 1.29 is 19.1 Å². The third-order valence-corrected chi connectivity index (χ3v) is 3.14. The topological polar surface area (TPSA) is 84.2 Å². The molecule has 0 bridgehead atoms. The fourth-order valence-corrected chi connectivity index (χ4v) is 2.05.